The minimum atomic E-state index is 0.0544. The van der Waals surface area contributed by atoms with Gasteiger partial charge < -0.3 is 10.1 Å². The van der Waals surface area contributed by atoms with Crippen molar-refractivity contribution in [3.8, 4) is 5.75 Å². The summed E-state index contributed by atoms with van der Waals surface area (Å²) < 4.78 is 7.06. The zero-order valence-corrected chi connectivity index (χ0v) is 13.8. The molecular formula is C17H19N3O2S. The fraction of sp³-hybridized carbons (Fsp3) is 0.294. The van der Waals surface area contributed by atoms with Crippen LogP contribution in [0.2, 0.25) is 0 Å². The van der Waals surface area contributed by atoms with Gasteiger partial charge >= 0.3 is 0 Å². The maximum absolute atomic E-state index is 11.9. The van der Waals surface area contributed by atoms with E-state index in [2.05, 4.69) is 21.9 Å². The number of rotatable bonds is 7. The van der Waals surface area contributed by atoms with Crippen LogP contribution in [0.15, 0.2) is 41.9 Å². The molecule has 0 bridgehead atoms. The molecule has 3 aromatic rings. The van der Waals surface area contributed by atoms with Crippen molar-refractivity contribution in [3.05, 3.63) is 46.8 Å². The highest BCUT2D eigenvalue weighted by Crippen LogP contribution is 2.20. The second kappa shape index (κ2) is 7.28. The molecule has 5 nitrogen and oxygen atoms in total. The fourth-order valence-electron chi connectivity index (χ4n) is 2.45. The molecule has 1 N–H and O–H groups in total. The first-order valence-corrected chi connectivity index (χ1v) is 8.43. The Bertz CT molecular complexity index is 780. The van der Waals surface area contributed by atoms with Gasteiger partial charge in [0.2, 0.25) is 5.91 Å². The molecule has 23 heavy (non-hydrogen) atoms. The van der Waals surface area contributed by atoms with Gasteiger partial charge in [-0.3, -0.25) is 9.48 Å². The van der Waals surface area contributed by atoms with Crippen molar-refractivity contribution >= 4 is 28.1 Å². The van der Waals surface area contributed by atoms with Crippen LogP contribution in [0.4, 0.5) is 0 Å². The molecule has 0 unspecified atom stereocenters. The summed E-state index contributed by atoms with van der Waals surface area (Å²) in [5, 5.41) is 10.4. The van der Waals surface area contributed by atoms with E-state index in [1.807, 2.05) is 28.9 Å². The Morgan fingerprint density at radius 3 is 3.09 bits per heavy atom. The summed E-state index contributed by atoms with van der Waals surface area (Å²) in [4.78, 5) is 13.2. The van der Waals surface area contributed by atoms with E-state index in [0.29, 0.717) is 19.5 Å². The maximum Gasteiger partial charge on any atom is 0.221 e. The molecule has 1 amide bonds. The largest absolute Gasteiger partial charge is 0.497 e. The topological polar surface area (TPSA) is 56.2 Å². The second-order valence-corrected chi connectivity index (χ2v) is 6.25. The Morgan fingerprint density at radius 2 is 2.30 bits per heavy atom. The Labute approximate surface area is 138 Å². The summed E-state index contributed by atoms with van der Waals surface area (Å²) in [5.74, 6) is 0.863. The smallest absolute Gasteiger partial charge is 0.221 e. The normalized spacial score (nSPS) is 10.8. The molecule has 0 aliphatic carbocycles. The molecule has 0 radical (unpaired) electrons. The second-order valence-electron chi connectivity index (χ2n) is 5.22. The summed E-state index contributed by atoms with van der Waals surface area (Å²) in [6, 6.07) is 9.93. The first kappa shape index (κ1) is 15.6. The molecule has 0 saturated carbocycles. The highest BCUT2D eigenvalue weighted by Gasteiger charge is 2.07. The van der Waals surface area contributed by atoms with Crippen LogP contribution in [0.3, 0.4) is 0 Å². The van der Waals surface area contributed by atoms with E-state index in [1.165, 1.54) is 4.88 Å². The van der Waals surface area contributed by atoms with Crippen LogP contribution >= 0.6 is 11.3 Å². The molecule has 0 spiro atoms. The van der Waals surface area contributed by atoms with Gasteiger partial charge in [0, 0.05) is 23.2 Å². The summed E-state index contributed by atoms with van der Waals surface area (Å²) >= 11 is 1.71. The van der Waals surface area contributed by atoms with Gasteiger partial charge in [0.1, 0.15) is 5.75 Å². The lowest BCUT2D eigenvalue weighted by Gasteiger charge is -2.06. The average Bonchev–Trinajstić information content (AvgIpc) is 3.21. The van der Waals surface area contributed by atoms with E-state index >= 15 is 0 Å². The Balaban J connectivity index is 1.50. The summed E-state index contributed by atoms with van der Waals surface area (Å²) in [5.41, 5.74) is 1.01. The number of hydrogen-bond donors (Lipinski definition) is 1. The summed E-state index contributed by atoms with van der Waals surface area (Å²) in [6.45, 7) is 1.25. The average molecular weight is 329 g/mol. The van der Waals surface area contributed by atoms with E-state index in [1.54, 1.807) is 24.6 Å². The van der Waals surface area contributed by atoms with Crippen LogP contribution in [0, 0.1) is 0 Å². The lowest BCUT2D eigenvalue weighted by Crippen LogP contribution is -2.26. The monoisotopic (exact) mass is 329 g/mol. The van der Waals surface area contributed by atoms with Gasteiger partial charge in [-0.25, -0.2) is 0 Å². The molecule has 0 saturated heterocycles. The van der Waals surface area contributed by atoms with E-state index in [0.717, 1.165) is 23.1 Å². The van der Waals surface area contributed by atoms with Crippen LogP contribution in [0.1, 0.15) is 11.3 Å². The maximum atomic E-state index is 11.9. The highest BCUT2D eigenvalue weighted by atomic mass is 32.1. The van der Waals surface area contributed by atoms with Crippen LogP contribution < -0.4 is 10.1 Å². The SMILES string of the molecule is COc1ccc2c(cnn2CCC(=O)NCCc2cccs2)c1. The van der Waals surface area contributed by atoms with Crippen LogP contribution in [-0.2, 0) is 17.8 Å². The zero-order valence-electron chi connectivity index (χ0n) is 13.0. The third kappa shape index (κ3) is 3.90. The first-order chi connectivity index (χ1) is 11.3. The van der Waals surface area contributed by atoms with Gasteiger partial charge in [-0.15, -0.1) is 11.3 Å². The molecule has 0 aliphatic rings. The number of carbonyl (C=O) groups excluding carboxylic acids is 1. The predicted molar refractivity (Wildman–Crippen MR) is 91.9 cm³/mol. The van der Waals surface area contributed by atoms with Crippen molar-refractivity contribution in [3.63, 3.8) is 0 Å². The van der Waals surface area contributed by atoms with Gasteiger partial charge in [-0.2, -0.15) is 5.10 Å². The summed E-state index contributed by atoms with van der Waals surface area (Å²) in [7, 11) is 1.64. The van der Waals surface area contributed by atoms with E-state index in [9.17, 15) is 4.79 Å². The van der Waals surface area contributed by atoms with Gasteiger partial charge in [0.15, 0.2) is 0 Å². The number of carbonyl (C=O) groups is 1. The van der Waals surface area contributed by atoms with Crippen molar-refractivity contribution in [2.24, 2.45) is 0 Å². The van der Waals surface area contributed by atoms with E-state index in [-0.39, 0.29) is 5.91 Å². The number of fused-ring (bicyclic) bond motifs is 1. The van der Waals surface area contributed by atoms with Crippen molar-refractivity contribution in [2.75, 3.05) is 13.7 Å². The number of amides is 1. The molecule has 0 atom stereocenters. The van der Waals surface area contributed by atoms with Gasteiger partial charge in [0.05, 0.1) is 25.4 Å². The summed E-state index contributed by atoms with van der Waals surface area (Å²) in [6.07, 6.45) is 3.10. The standard InChI is InChI=1S/C17H19N3O2S/c1-22-14-4-5-16-13(11-14)12-19-20(16)9-7-17(21)18-8-6-15-3-2-10-23-15/h2-5,10-12H,6-9H2,1H3,(H,18,21). The molecule has 2 aromatic heterocycles. The minimum Gasteiger partial charge on any atom is -0.497 e. The van der Waals surface area contributed by atoms with Gasteiger partial charge in [-0.1, -0.05) is 6.07 Å². The number of nitrogens with one attached hydrogen (secondary N) is 1. The lowest BCUT2D eigenvalue weighted by molar-refractivity contribution is -0.121. The van der Waals surface area contributed by atoms with Crippen LogP contribution in [0.25, 0.3) is 10.9 Å². The van der Waals surface area contributed by atoms with Gasteiger partial charge in [0.25, 0.3) is 0 Å². The number of aryl methyl sites for hydroxylation is 1. The molecule has 3 rings (SSSR count). The number of thiophene rings is 1. The molecule has 6 heteroatoms. The third-order valence-corrected chi connectivity index (χ3v) is 4.61. The molecule has 1 aromatic carbocycles. The van der Waals surface area contributed by atoms with Gasteiger partial charge in [-0.05, 0) is 36.1 Å². The number of aromatic nitrogens is 2. The molecule has 0 aliphatic heterocycles. The van der Waals surface area contributed by atoms with Crippen molar-refractivity contribution in [1.82, 2.24) is 15.1 Å². The zero-order chi connectivity index (χ0) is 16.1. The first-order valence-electron chi connectivity index (χ1n) is 7.55. The highest BCUT2D eigenvalue weighted by molar-refractivity contribution is 7.09. The van der Waals surface area contributed by atoms with Crippen LogP contribution in [0.5, 0.6) is 5.75 Å². The number of benzene rings is 1. The molecule has 120 valence electrons. The predicted octanol–water partition coefficient (Wildman–Crippen LogP) is 2.86. The van der Waals surface area contributed by atoms with Crippen molar-refractivity contribution in [2.45, 2.75) is 19.4 Å². The number of methoxy groups -OCH3 is 1. The molecular weight excluding hydrogens is 310 g/mol. The Hall–Kier alpha value is -2.34. The van der Waals surface area contributed by atoms with Crippen molar-refractivity contribution < 1.29 is 9.53 Å². The quantitative estimate of drug-likeness (QED) is 0.725. The van der Waals surface area contributed by atoms with Crippen molar-refractivity contribution in [1.29, 1.82) is 0 Å². The van der Waals surface area contributed by atoms with E-state index < -0.39 is 0 Å². The fourth-order valence-corrected chi connectivity index (χ4v) is 3.16. The number of ether oxygens (including phenoxy) is 1. The van der Waals surface area contributed by atoms with E-state index in [4.69, 9.17) is 4.74 Å². The number of nitrogens with zero attached hydrogens (tertiary/aromatic N) is 2. The minimum absolute atomic E-state index is 0.0544. The third-order valence-electron chi connectivity index (χ3n) is 3.67. The Kier molecular flexibility index (Phi) is 4.92. The number of hydrogen-bond acceptors (Lipinski definition) is 4. The molecule has 0 fully saturated rings. The Morgan fingerprint density at radius 1 is 1.39 bits per heavy atom. The van der Waals surface area contributed by atoms with Crippen LogP contribution in [-0.4, -0.2) is 29.3 Å². The lowest BCUT2D eigenvalue weighted by atomic mass is 10.2. The molecule has 2 heterocycles.